The molecule has 12 heteroatoms. The van der Waals surface area contributed by atoms with E-state index in [1.54, 1.807) is 0 Å². The number of aliphatic hydroxyl groups is 1. The van der Waals surface area contributed by atoms with Gasteiger partial charge in [-0.05, 0) is 29.8 Å². The minimum absolute atomic E-state index is 0.0132. The van der Waals surface area contributed by atoms with E-state index in [0.717, 1.165) is 12.1 Å². The molecule has 6 rings (SSSR count). The highest BCUT2D eigenvalue weighted by Crippen LogP contribution is 2.52. The lowest BCUT2D eigenvalue weighted by atomic mass is 9.92. The molecule has 0 unspecified atom stereocenters. The fourth-order valence-electron chi connectivity index (χ4n) is 5.32. The van der Waals surface area contributed by atoms with Crippen LogP contribution in [0.4, 0.5) is 0 Å². The largest absolute Gasteiger partial charge is 0.508 e. The average molecular weight is 579 g/mol. The average Bonchev–Trinajstić information content (AvgIpc) is 2.94. The lowest BCUT2D eigenvalue weighted by Crippen LogP contribution is -2.36. The van der Waals surface area contributed by atoms with Crippen molar-refractivity contribution in [1.29, 1.82) is 0 Å². The van der Waals surface area contributed by atoms with E-state index in [9.17, 15) is 46.0 Å². The van der Waals surface area contributed by atoms with Gasteiger partial charge in [-0.2, -0.15) is 0 Å². The summed E-state index contributed by atoms with van der Waals surface area (Å²) in [6.45, 7) is 0. The van der Waals surface area contributed by atoms with Crippen molar-refractivity contribution in [3.05, 3.63) is 76.9 Å². The smallest absolute Gasteiger partial charge is 0.204 e. The summed E-state index contributed by atoms with van der Waals surface area (Å²) in [7, 11) is 0. The third kappa shape index (κ3) is 4.57. The molecular weight excluding hydrogens is 552 g/mol. The van der Waals surface area contributed by atoms with Crippen molar-refractivity contribution in [2.45, 2.75) is 37.3 Å². The maximum atomic E-state index is 10.9. The molecule has 9 N–H and O–H groups in total. The Kier molecular flexibility index (Phi) is 6.34. The molecule has 0 aromatic heterocycles. The van der Waals surface area contributed by atoms with Gasteiger partial charge in [-0.25, -0.2) is 0 Å². The van der Waals surface area contributed by atoms with Crippen LogP contribution in [0.5, 0.6) is 63.2 Å². The number of phenolic OH excluding ortho intramolecular Hbond substituents is 8. The minimum atomic E-state index is -1.19. The van der Waals surface area contributed by atoms with E-state index in [1.807, 2.05) is 0 Å². The second-order valence-electron chi connectivity index (χ2n) is 10.2. The van der Waals surface area contributed by atoms with Gasteiger partial charge >= 0.3 is 0 Å². The summed E-state index contributed by atoms with van der Waals surface area (Å²) in [5.41, 5.74) is 1.08. The zero-order valence-electron chi connectivity index (χ0n) is 21.7. The highest BCUT2D eigenvalue weighted by atomic mass is 16.6. The monoisotopic (exact) mass is 578 g/mol. The van der Waals surface area contributed by atoms with Crippen LogP contribution in [-0.2, 0) is 12.8 Å². The molecule has 4 atom stereocenters. The van der Waals surface area contributed by atoms with Crippen LogP contribution in [0, 0.1) is 0 Å². The molecule has 0 fully saturated rings. The van der Waals surface area contributed by atoms with E-state index in [-0.39, 0.29) is 70.0 Å². The van der Waals surface area contributed by atoms with Gasteiger partial charge in [0.15, 0.2) is 46.7 Å². The van der Waals surface area contributed by atoms with Gasteiger partial charge in [0, 0.05) is 47.7 Å². The summed E-state index contributed by atoms with van der Waals surface area (Å²) in [6, 6.07) is 11.4. The van der Waals surface area contributed by atoms with E-state index in [4.69, 9.17) is 14.2 Å². The topological polar surface area (TPSA) is 210 Å². The lowest BCUT2D eigenvalue weighted by Gasteiger charge is -2.37. The van der Waals surface area contributed by atoms with Crippen LogP contribution in [0.3, 0.4) is 0 Å². The van der Waals surface area contributed by atoms with Crippen LogP contribution in [0.25, 0.3) is 0 Å². The van der Waals surface area contributed by atoms with Crippen LogP contribution in [0.15, 0.2) is 54.6 Å². The molecule has 2 heterocycles. The number of phenols is 8. The van der Waals surface area contributed by atoms with Gasteiger partial charge < -0.3 is 60.2 Å². The molecule has 0 saturated heterocycles. The predicted octanol–water partition coefficient (Wildman–Crippen LogP) is 3.49. The molecular formula is C30H26O12. The summed E-state index contributed by atoms with van der Waals surface area (Å²) >= 11 is 0. The fourth-order valence-corrected chi connectivity index (χ4v) is 5.32. The zero-order valence-corrected chi connectivity index (χ0v) is 21.7. The van der Waals surface area contributed by atoms with Crippen molar-refractivity contribution in [2.24, 2.45) is 0 Å². The van der Waals surface area contributed by atoms with Crippen molar-refractivity contribution in [3.8, 4) is 63.2 Å². The number of hydrogen-bond acceptors (Lipinski definition) is 12. The Morgan fingerprint density at radius 1 is 0.571 bits per heavy atom. The summed E-state index contributed by atoms with van der Waals surface area (Å²) in [6.07, 6.45) is -4.43. The van der Waals surface area contributed by atoms with E-state index in [2.05, 4.69) is 0 Å². The Labute approximate surface area is 237 Å². The summed E-state index contributed by atoms with van der Waals surface area (Å²) in [4.78, 5) is 0. The molecule has 0 bridgehead atoms. The Morgan fingerprint density at radius 3 is 1.83 bits per heavy atom. The number of aromatic hydroxyl groups is 8. The van der Waals surface area contributed by atoms with Gasteiger partial charge in [0.2, 0.25) is 5.75 Å². The Balaban J connectivity index is 1.43. The number of benzene rings is 4. The maximum Gasteiger partial charge on any atom is 0.204 e. The highest BCUT2D eigenvalue weighted by molar-refractivity contribution is 5.62. The van der Waals surface area contributed by atoms with E-state index in [0.29, 0.717) is 11.1 Å². The van der Waals surface area contributed by atoms with Gasteiger partial charge in [-0.1, -0.05) is 12.1 Å². The van der Waals surface area contributed by atoms with Crippen molar-refractivity contribution < 1.29 is 60.2 Å². The Hall–Kier alpha value is -5.36. The normalized spacial score (nSPS) is 21.0. The molecule has 0 radical (unpaired) electrons. The number of rotatable bonds is 4. The first kappa shape index (κ1) is 26.8. The molecule has 0 saturated carbocycles. The molecule has 0 amide bonds. The molecule has 42 heavy (non-hydrogen) atoms. The summed E-state index contributed by atoms with van der Waals surface area (Å²) in [5, 5.41) is 92.6. The SMILES string of the molecule is Oc1cc(O)c2c(c1)O[C@@H](c1ccc(O)c(O)c1)[C@@H](Oc1c(O)cc(O)c3c1O[C@@H](c1ccc(O)c(O)c1)[C@@H](O)C3)C2. The quantitative estimate of drug-likeness (QED) is 0.159. The van der Waals surface area contributed by atoms with Crippen molar-refractivity contribution in [2.75, 3.05) is 0 Å². The zero-order chi connectivity index (χ0) is 29.9. The first-order chi connectivity index (χ1) is 20.0. The van der Waals surface area contributed by atoms with E-state index < -0.39 is 41.7 Å². The van der Waals surface area contributed by atoms with E-state index in [1.165, 1.54) is 42.5 Å². The van der Waals surface area contributed by atoms with Gasteiger partial charge in [-0.3, -0.25) is 0 Å². The summed E-state index contributed by atoms with van der Waals surface area (Å²) in [5.74, 6) is -3.16. The fraction of sp³-hybridized carbons (Fsp3) is 0.200. The first-order valence-electron chi connectivity index (χ1n) is 12.8. The number of ether oxygens (including phenoxy) is 3. The van der Waals surface area contributed by atoms with Gasteiger partial charge in [-0.15, -0.1) is 0 Å². The first-order valence-corrected chi connectivity index (χ1v) is 12.8. The van der Waals surface area contributed by atoms with Crippen molar-refractivity contribution >= 4 is 0 Å². The molecule has 12 nitrogen and oxygen atoms in total. The molecule has 218 valence electrons. The third-order valence-electron chi connectivity index (χ3n) is 7.40. The van der Waals surface area contributed by atoms with Crippen LogP contribution in [-0.4, -0.2) is 58.2 Å². The second-order valence-corrected chi connectivity index (χ2v) is 10.2. The summed E-state index contributed by atoms with van der Waals surface area (Å²) < 4.78 is 18.4. The number of fused-ring (bicyclic) bond motifs is 2. The molecule has 0 spiro atoms. The molecule has 4 aromatic carbocycles. The van der Waals surface area contributed by atoms with Crippen LogP contribution < -0.4 is 14.2 Å². The van der Waals surface area contributed by atoms with Crippen molar-refractivity contribution in [1.82, 2.24) is 0 Å². The van der Waals surface area contributed by atoms with Crippen LogP contribution >= 0.6 is 0 Å². The van der Waals surface area contributed by atoms with Crippen LogP contribution in [0.1, 0.15) is 34.5 Å². The molecule has 4 aromatic rings. The number of hydrogen-bond donors (Lipinski definition) is 9. The highest BCUT2D eigenvalue weighted by Gasteiger charge is 2.40. The van der Waals surface area contributed by atoms with Gasteiger partial charge in [0.1, 0.15) is 29.1 Å². The molecule has 0 aliphatic carbocycles. The van der Waals surface area contributed by atoms with Crippen LogP contribution in [0.2, 0.25) is 0 Å². The number of aliphatic hydroxyl groups excluding tert-OH is 1. The third-order valence-corrected chi connectivity index (χ3v) is 7.40. The Morgan fingerprint density at radius 2 is 1.19 bits per heavy atom. The molecule has 2 aliphatic heterocycles. The standard InChI is InChI=1S/C30H26O12/c31-14-7-19(34)15-10-26(28(40-25(15)8-14)13-2-4-18(33)22(37)6-13)41-30-24(39)11-20(35)16-9-23(38)27(42-29(16)30)12-1-3-17(32)21(36)5-12/h1-8,11,23,26-28,31-39H,9-10H2/t23-,26-,27-,28-/m0/s1. The van der Waals surface area contributed by atoms with Gasteiger partial charge in [0.05, 0.1) is 6.10 Å². The predicted molar refractivity (Wildman–Crippen MR) is 144 cm³/mol. The maximum absolute atomic E-state index is 10.9. The molecule has 2 aliphatic rings. The van der Waals surface area contributed by atoms with E-state index >= 15 is 0 Å². The second kappa shape index (κ2) is 9.93. The lowest BCUT2D eigenvalue weighted by molar-refractivity contribution is 0.00699. The minimum Gasteiger partial charge on any atom is -0.508 e. The van der Waals surface area contributed by atoms with Gasteiger partial charge in [0.25, 0.3) is 0 Å². The Bertz CT molecular complexity index is 1700. The van der Waals surface area contributed by atoms with Crippen molar-refractivity contribution in [3.63, 3.8) is 0 Å².